The zero-order valence-corrected chi connectivity index (χ0v) is 13.4. The standard InChI is InChI=1S/C16H17FN6O/c1-21(8-12-7-18-22(2)9-12)16(24)15-11-23(20-19-15)10-13-5-3-4-6-14(13)17/h3-7,9,11H,8,10H2,1-2H3. The summed E-state index contributed by atoms with van der Waals surface area (Å²) in [7, 11) is 3.50. The van der Waals surface area contributed by atoms with E-state index in [0.29, 0.717) is 12.1 Å². The van der Waals surface area contributed by atoms with Gasteiger partial charge in [0.05, 0.1) is 18.9 Å². The van der Waals surface area contributed by atoms with Crippen LogP contribution in [-0.2, 0) is 20.1 Å². The minimum atomic E-state index is -0.311. The highest BCUT2D eigenvalue weighted by atomic mass is 19.1. The molecule has 0 aliphatic heterocycles. The van der Waals surface area contributed by atoms with Crippen LogP contribution in [-0.4, -0.2) is 42.6 Å². The van der Waals surface area contributed by atoms with E-state index in [0.717, 1.165) is 5.56 Å². The summed E-state index contributed by atoms with van der Waals surface area (Å²) in [6.07, 6.45) is 5.08. The van der Waals surface area contributed by atoms with E-state index in [-0.39, 0.29) is 24.0 Å². The van der Waals surface area contributed by atoms with Crippen molar-refractivity contribution in [3.8, 4) is 0 Å². The third-order valence-corrected chi connectivity index (χ3v) is 3.57. The monoisotopic (exact) mass is 328 g/mol. The first kappa shape index (κ1) is 15.9. The second-order valence-electron chi connectivity index (χ2n) is 5.58. The van der Waals surface area contributed by atoms with E-state index in [4.69, 9.17) is 0 Å². The quantitative estimate of drug-likeness (QED) is 0.711. The summed E-state index contributed by atoms with van der Waals surface area (Å²) < 4.78 is 16.8. The third-order valence-electron chi connectivity index (χ3n) is 3.57. The van der Waals surface area contributed by atoms with Gasteiger partial charge in [0.25, 0.3) is 5.91 Å². The van der Waals surface area contributed by atoms with Crippen molar-refractivity contribution in [1.29, 1.82) is 0 Å². The average molecular weight is 328 g/mol. The Kier molecular flexibility index (Phi) is 4.37. The summed E-state index contributed by atoms with van der Waals surface area (Å²) in [5, 5.41) is 11.9. The number of benzene rings is 1. The van der Waals surface area contributed by atoms with E-state index in [2.05, 4.69) is 15.4 Å². The number of halogens is 1. The maximum Gasteiger partial charge on any atom is 0.276 e. The summed E-state index contributed by atoms with van der Waals surface area (Å²) in [4.78, 5) is 13.9. The molecule has 124 valence electrons. The molecule has 2 heterocycles. The van der Waals surface area contributed by atoms with Crippen molar-refractivity contribution in [3.05, 3.63) is 65.5 Å². The van der Waals surface area contributed by atoms with Crippen molar-refractivity contribution < 1.29 is 9.18 Å². The normalized spacial score (nSPS) is 10.8. The Labute approximate surface area is 138 Å². The summed E-state index contributed by atoms with van der Waals surface area (Å²) in [6, 6.07) is 6.44. The lowest BCUT2D eigenvalue weighted by molar-refractivity contribution is 0.0779. The van der Waals surface area contributed by atoms with Crippen LogP contribution >= 0.6 is 0 Å². The van der Waals surface area contributed by atoms with Crippen LogP contribution in [0.5, 0.6) is 0 Å². The number of hydrogen-bond acceptors (Lipinski definition) is 4. The topological polar surface area (TPSA) is 68.8 Å². The van der Waals surface area contributed by atoms with Crippen LogP contribution in [0.3, 0.4) is 0 Å². The molecule has 0 saturated carbocycles. The molecule has 0 aliphatic carbocycles. The first-order chi connectivity index (χ1) is 11.5. The molecule has 24 heavy (non-hydrogen) atoms. The number of carbonyl (C=O) groups is 1. The van der Waals surface area contributed by atoms with Crippen LogP contribution in [0.15, 0.2) is 42.9 Å². The summed E-state index contributed by atoms with van der Waals surface area (Å²) in [5.41, 5.74) is 1.63. The van der Waals surface area contributed by atoms with Crippen LogP contribution in [0.2, 0.25) is 0 Å². The molecule has 3 rings (SSSR count). The fourth-order valence-electron chi connectivity index (χ4n) is 2.37. The molecule has 0 N–H and O–H groups in total. The number of aromatic nitrogens is 5. The van der Waals surface area contributed by atoms with Crippen molar-refractivity contribution in [2.75, 3.05) is 7.05 Å². The van der Waals surface area contributed by atoms with E-state index in [9.17, 15) is 9.18 Å². The lowest BCUT2D eigenvalue weighted by Crippen LogP contribution is -2.26. The van der Waals surface area contributed by atoms with Gasteiger partial charge in [-0.3, -0.25) is 9.48 Å². The van der Waals surface area contributed by atoms with Crippen LogP contribution < -0.4 is 0 Å². The molecule has 8 heteroatoms. The van der Waals surface area contributed by atoms with Gasteiger partial charge in [0.2, 0.25) is 0 Å². The largest absolute Gasteiger partial charge is 0.336 e. The zero-order chi connectivity index (χ0) is 17.1. The molecule has 0 spiro atoms. The van der Waals surface area contributed by atoms with Gasteiger partial charge in [-0.25, -0.2) is 9.07 Å². The first-order valence-corrected chi connectivity index (χ1v) is 7.39. The molecule has 0 radical (unpaired) electrons. The van der Waals surface area contributed by atoms with Gasteiger partial charge in [-0.2, -0.15) is 5.10 Å². The van der Waals surface area contributed by atoms with Crippen molar-refractivity contribution >= 4 is 5.91 Å². The average Bonchev–Trinajstić information content (AvgIpc) is 3.18. The Morgan fingerprint density at radius 3 is 2.79 bits per heavy atom. The number of amides is 1. The number of rotatable bonds is 5. The molecule has 0 fully saturated rings. The van der Waals surface area contributed by atoms with E-state index in [1.54, 1.807) is 36.1 Å². The minimum Gasteiger partial charge on any atom is -0.336 e. The highest BCUT2D eigenvalue weighted by Crippen LogP contribution is 2.09. The molecule has 1 aromatic carbocycles. The van der Waals surface area contributed by atoms with Crippen molar-refractivity contribution in [3.63, 3.8) is 0 Å². The van der Waals surface area contributed by atoms with Gasteiger partial charge in [0.15, 0.2) is 5.69 Å². The Morgan fingerprint density at radius 1 is 1.29 bits per heavy atom. The van der Waals surface area contributed by atoms with Gasteiger partial charge in [0, 0.05) is 38.0 Å². The summed E-state index contributed by atoms with van der Waals surface area (Å²) >= 11 is 0. The van der Waals surface area contributed by atoms with Crippen LogP contribution in [0.4, 0.5) is 4.39 Å². The fourth-order valence-corrected chi connectivity index (χ4v) is 2.37. The lowest BCUT2D eigenvalue weighted by atomic mass is 10.2. The Bertz CT molecular complexity index is 856. The van der Waals surface area contributed by atoms with Gasteiger partial charge in [-0.05, 0) is 6.07 Å². The molecule has 0 bridgehead atoms. The smallest absolute Gasteiger partial charge is 0.276 e. The molecule has 0 aliphatic rings. The maximum absolute atomic E-state index is 13.7. The van der Waals surface area contributed by atoms with Crippen molar-refractivity contribution in [2.24, 2.45) is 7.05 Å². The number of hydrogen-bond donors (Lipinski definition) is 0. The van der Waals surface area contributed by atoms with Crippen LogP contribution in [0.1, 0.15) is 21.6 Å². The van der Waals surface area contributed by atoms with Gasteiger partial charge < -0.3 is 4.90 Å². The summed E-state index contributed by atoms with van der Waals surface area (Å²) in [6.45, 7) is 0.645. The molecule has 0 unspecified atom stereocenters. The molecule has 3 aromatic rings. The Balaban J connectivity index is 1.68. The van der Waals surface area contributed by atoms with E-state index in [1.165, 1.54) is 21.8 Å². The molecule has 7 nitrogen and oxygen atoms in total. The van der Waals surface area contributed by atoms with Gasteiger partial charge in [-0.15, -0.1) is 5.10 Å². The van der Waals surface area contributed by atoms with E-state index >= 15 is 0 Å². The second kappa shape index (κ2) is 6.61. The Hall–Kier alpha value is -3.03. The van der Waals surface area contributed by atoms with Crippen molar-refractivity contribution in [2.45, 2.75) is 13.1 Å². The fraction of sp³-hybridized carbons (Fsp3) is 0.250. The molecular weight excluding hydrogens is 311 g/mol. The molecule has 2 aromatic heterocycles. The lowest BCUT2D eigenvalue weighted by Gasteiger charge is -2.14. The molecule has 0 atom stereocenters. The predicted octanol–water partition coefficient (Wildman–Crippen LogP) is 1.47. The number of carbonyl (C=O) groups excluding carboxylic acids is 1. The van der Waals surface area contributed by atoms with Crippen LogP contribution in [0, 0.1) is 5.82 Å². The maximum atomic E-state index is 13.7. The SMILES string of the molecule is CN(Cc1cnn(C)c1)C(=O)c1cn(Cc2ccccc2F)nn1. The molecular formula is C16H17FN6O. The third kappa shape index (κ3) is 3.48. The van der Waals surface area contributed by atoms with Gasteiger partial charge >= 0.3 is 0 Å². The molecule has 0 saturated heterocycles. The van der Waals surface area contributed by atoms with Crippen molar-refractivity contribution in [1.82, 2.24) is 29.7 Å². The number of aryl methyl sites for hydroxylation is 1. The Morgan fingerprint density at radius 2 is 2.08 bits per heavy atom. The van der Waals surface area contributed by atoms with Gasteiger partial charge in [-0.1, -0.05) is 23.4 Å². The highest BCUT2D eigenvalue weighted by molar-refractivity contribution is 5.91. The van der Waals surface area contributed by atoms with Crippen LogP contribution in [0.25, 0.3) is 0 Å². The predicted molar refractivity (Wildman–Crippen MR) is 84.5 cm³/mol. The first-order valence-electron chi connectivity index (χ1n) is 7.39. The highest BCUT2D eigenvalue weighted by Gasteiger charge is 2.17. The van der Waals surface area contributed by atoms with Gasteiger partial charge in [0.1, 0.15) is 5.82 Å². The molecule has 1 amide bonds. The zero-order valence-electron chi connectivity index (χ0n) is 13.4. The summed E-state index contributed by atoms with van der Waals surface area (Å²) in [5.74, 6) is -0.562. The minimum absolute atomic E-state index is 0.220. The van der Waals surface area contributed by atoms with E-state index < -0.39 is 0 Å². The number of nitrogens with zero attached hydrogens (tertiary/aromatic N) is 6. The van der Waals surface area contributed by atoms with E-state index in [1.807, 2.05) is 13.2 Å². The second-order valence-corrected chi connectivity index (χ2v) is 5.58.